The van der Waals surface area contributed by atoms with Crippen molar-refractivity contribution in [1.82, 2.24) is 5.43 Å². The van der Waals surface area contributed by atoms with Crippen LogP contribution < -0.4 is 10.2 Å². The number of nitrogens with zero attached hydrogens (tertiary/aromatic N) is 1. The SMILES string of the molecule is O=C(COc1ccc(Cl)cc1Cl)NN=Cc1ccc(-c2cc(Cl)c(Cl)cc2Cl)o1. The lowest BCUT2D eigenvalue weighted by molar-refractivity contribution is -0.123. The molecule has 0 aliphatic heterocycles. The highest BCUT2D eigenvalue weighted by Gasteiger charge is 2.12. The van der Waals surface area contributed by atoms with E-state index in [1.165, 1.54) is 18.3 Å². The molecule has 1 N–H and O–H groups in total. The van der Waals surface area contributed by atoms with E-state index in [4.69, 9.17) is 67.2 Å². The first kappa shape index (κ1) is 21.8. The molecular formula is C19H11Cl5N2O3. The zero-order valence-electron chi connectivity index (χ0n) is 14.4. The van der Waals surface area contributed by atoms with Crippen LogP contribution >= 0.6 is 58.0 Å². The van der Waals surface area contributed by atoms with Gasteiger partial charge in [-0.25, -0.2) is 5.43 Å². The van der Waals surface area contributed by atoms with Crippen LogP contribution in [0.25, 0.3) is 11.3 Å². The van der Waals surface area contributed by atoms with Crippen LogP contribution in [0, 0.1) is 0 Å². The minimum Gasteiger partial charge on any atom is -0.482 e. The third-order valence-electron chi connectivity index (χ3n) is 3.54. The quantitative estimate of drug-likeness (QED) is 0.235. The van der Waals surface area contributed by atoms with Crippen LogP contribution in [0.5, 0.6) is 5.75 Å². The molecule has 0 saturated carbocycles. The van der Waals surface area contributed by atoms with Gasteiger partial charge in [-0.05, 0) is 42.5 Å². The molecule has 0 saturated heterocycles. The van der Waals surface area contributed by atoms with Crippen LogP contribution in [0.15, 0.2) is 52.0 Å². The molecule has 3 aromatic rings. The van der Waals surface area contributed by atoms with Crippen molar-refractivity contribution in [3.05, 3.63) is 73.3 Å². The van der Waals surface area contributed by atoms with E-state index in [0.29, 0.717) is 47.9 Å². The zero-order chi connectivity index (χ0) is 21.0. The summed E-state index contributed by atoms with van der Waals surface area (Å²) in [6.07, 6.45) is 1.34. The summed E-state index contributed by atoms with van der Waals surface area (Å²) in [6, 6.07) is 11.2. The number of amides is 1. The van der Waals surface area contributed by atoms with E-state index < -0.39 is 5.91 Å². The Morgan fingerprint density at radius 3 is 2.48 bits per heavy atom. The van der Waals surface area contributed by atoms with E-state index in [0.717, 1.165) is 0 Å². The van der Waals surface area contributed by atoms with Crippen LogP contribution in [0.4, 0.5) is 0 Å². The van der Waals surface area contributed by atoms with Gasteiger partial charge in [-0.15, -0.1) is 0 Å². The summed E-state index contributed by atoms with van der Waals surface area (Å²) in [5, 5.41) is 5.68. The predicted molar refractivity (Wildman–Crippen MR) is 117 cm³/mol. The first-order valence-electron chi connectivity index (χ1n) is 7.98. The summed E-state index contributed by atoms with van der Waals surface area (Å²) in [7, 11) is 0. The Morgan fingerprint density at radius 1 is 0.966 bits per heavy atom. The van der Waals surface area contributed by atoms with Gasteiger partial charge in [0, 0.05) is 10.6 Å². The second-order valence-electron chi connectivity index (χ2n) is 5.60. The van der Waals surface area contributed by atoms with Crippen molar-refractivity contribution in [1.29, 1.82) is 0 Å². The highest BCUT2D eigenvalue weighted by molar-refractivity contribution is 6.44. The zero-order valence-corrected chi connectivity index (χ0v) is 18.2. The number of hydrogen-bond donors (Lipinski definition) is 1. The van der Waals surface area contributed by atoms with Gasteiger partial charge < -0.3 is 9.15 Å². The van der Waals surface area contributed by atoms with Gasteiger partial charge in [0.05, 0.1) is 26.3 Å². The number of carbonyl (C=O) groups is 1. The van der Waals surface area contributed by atoms with Crippen molar-refractivity contribution in [2.45, 2.75) is 0 Å². The number of halogens is 5. The maximum atomic E-state index is 11.8. The number of hydrogen-bond acceptors (Lipinski definition) is 4. The number of carbonyl (C=O) groups excluding carboxylic acids is 1. The van der Waals surface area contributed by atoms with Crippen molar-refractivity contribution in [3.63, 3.8) is 0 Å². The summed E-state index contributed by atoms with van der Waals surface area (Å²) in [4.78, 5) is 11.8. The van der Waals surface area contributed by atoms with Gasteiger partial charge in [0.1, 0.15) is 17.3 Å². The van der Waals surface area contributed by atoms with Crippen molar-refractivity contribution in [3.8, 4) is 17.1 Å². The molecule has 1 aromatic heterocycles. The van der Waals surface area contributed by atoms with Crippen molar-refractivity contribution < 1.29 is 13.9 Å². The van der Waals surface area contributed by atoms with E-state index in [2.05, 4.69) is 10.5 Å². The van der Waals surface area contributed by atoms with Gasteiger partial charge >= 0.3 is 0 Å². The Morgan fingerprint density at radius 2 is 1.72 bits per heavy atom. The normalized spacial score (nSPS) is 11.1. The molecule has 0 bridgehead atoms. The van der Waals surface area contributed by atoms with Crippen LogP contribution in [0.2, 0.25) is 25.1 Å². The molecule has 2 aromatic carbocycles. The average molecular weight is 493 g/mol. The van der Waals surface area contributed by atoms with Crippen LogP contribution in [-0.4, -0.2) is 18.7 Å². The van der Waals surface area contributed by atoms with Gasteiger partial charge in [0.15, 0.2) is 6.61 Å². The summed E-state index contributed by atoms with van der Waals surface area (Å²) >= 11 is 29.9. The Bertz CT molecular complexity index is 1080. The number of nitrogens with one attached hydrogen (secondary N) is 1. The Hall–Kier alpha value is -1.89. The largest absolute Gasteiger partial charge is 0.482 e. The number of ether oxygens (including phenoxy) is 1. The Labute approximate surface area is 191 Å². The third-order valence-corrected chi connectivity index (χ3v) is 5.10. The predicted octanol–water partition coefficient (Wildman–Crippen LogP) is 6.74. The van der Waals surface area contributed by atoms with Gasteiger partial charge in [0.25, 0.3) is 5.91 Å². The molecule has 0 spiro atoms. The number of rotatable bonds is 6. The topological polar surface area (TPSA) is 63.8 Å². The van der Waals surface area contributed by atoms with E-state index in [-0.39, 0.29) is 6.61 Å². The molecule has 0 aliphatic carbocycles. The van der Waals surface area contributed by atoms with Crippen molar-refractivity contribution >= 4 is 70.1 Å². The lowest BCUT2D eigenvalue weighted by Crippen LogP contribution is -2.24. The fourth-order valence-corrected chi connectivity index (χ4v) is 3.32. The van der Waals surface area contributed by atoms with Gasteiger partial charge in [-0.3, -0.25) is 4.79 Å². The van der Waals surface area contributed by atoms with E-state index in [9.17, 15) is 4.79 Å². The maximum absolute atomic E-state index is 11.8. The highest BCUT2D eigenvalue weighted by atomic mass is 35.5. The van der Waals surface area contributed by atoms with Crippen LogP contribution in [0.3, 0.4) is 0 Å². The van der Waals surface area contributed by atoms with E-state index in [1.807, 2.05) is 0 Å². The molecule has 3 rings (SSSR count). The summed E-state index contributed by atoms with van der Waals surface area (Å²) in [6.45, 7) is -0.277. The van der Waals surface area contributed by atoms with E-state index in [1.54, 1.807) is 30.3 Å². The molecule has 0 atom stereocenters. The third kappa shape index (κ3) is 5.81. The monoisotopic (exact) mass is 490 g/mol. The molecular weight excluding hydrogens is 481 g/mol. The van der Waals surface area contributed by atoms with Crippen LogP contribution in [0.1, 0.15) is 5.76 Å². The lowest BCUT2D eigenvalue weighted by atomic mass is 10.2. The molecule has 1 heterocycles. The molecule has 0 unspecified atom stereocenters. The summed E-state index contributed by atoms with van der Waals surface area (Å²) in [5.74, 6) is 0.724. The summed E-state index contributed by atoms with van der Waals surface area (Å²) in [5.41, 5.74) is 2.90. The number of benzene rings is 2. The molecule has 10 heteroatoms. The smallest absolute Gasteiger partial charge is 0.277 e. The highest BCUT2D eigenvalue weighted by Crippen LogP contribution is 2.35. The molecule has 5 nitrogen and oxygen atoms in total. The minimum absolute atomic E-state index is 0.277. The fraction of sp³-hybridized carbons (Fsp3) is 0.0526. The molecule has 29 heavy (non-hydrogen) atoms. The van der Waals surface area contributed by atoms with Crippen molar-refractivity contribution in [2.75, 3.05) is 6.61 Å². The summed E-state index contributed by atoms with van der Waals surface area (Å²) < 4.78 is 10.9. The molecule has 0 fully saturated rings. The second kappa shape index (κ2) is 9.74. The number of hydrazone groups is 1. The lowest BCUT2D eigenvalue weighted by Gasteiger charge is -2.06. The Balaban J connectivity index is 1.57. The fourth-order valence-electron chi connectivity index (χ4n) is 2.21. The van der Waals surface area contributed by atoms with Gasteiger partial charge in [0.2, 0.25) is 0 Å². The van der Waals surface area contributed by atoms with Gasteiger partial charge in [-0.2, -0.15) is 5.10 Å². The maximum Gasteiger partial charge on any atom is 0.277 e. The van der Waals surface area contributed by atoms with E-state index >= 15 is 0 Å². The Kier molecular flexibility index (Phi) is 7.33. The van der Waals surface area contributed by atoms with Crippen LogP contribution in [-0.2, 0) is 4.79 Å². The first-order chi connectivity index (χ1) is 13.8. The van der Waals surface area contributed by atoms with Crippen molar-refractivity contribution in [2.24, 2.45) is 5.10 Å². The molecule has 0 radical (unpaired) electrons. The molecule has 1 amide bonds. The molecule has 0 aliphatic rings. The second-order valence-corrected chi connectivity index (χ2v) is 7.67. The standard InChI is InChI=1S/C19H11Cl5N2O3/c20-10-1-3-18(16(24)5-10)28-9-19(27)26-25-8-11-2-4-17(29-11)12-6-14(22)15(23)7-13(12)21/h1-8H,9H2,(H,26,27). The first-order valence-corrected chi connectivity index (χ1v) is 9.87. The average Bonchev–Trinajstić information content (AvgIpc) is 3.12. The number of furan rings is 1. The van der Waals surface area contributed by atoms with Gasteiger partial charge in [-0.1, -0.05) is 58.0 Å². The minimum atomic E-state index is -0.480. The molecule has 150 valence electrons.